The Morgan fingerprint density at radius 1 is 1.09 bits per heavy atom. The molecular formula is C17H15NO4. The molecule has 0 bridgehead atoms. The smallest absolute Gasteiger partial charge is 0.343 e. The van der Waals surface area contributed by atoms with E-state index >= 15 is 0 Å². The van der Waals surface area contributed by atoms with E-state index in [1.807, 2.05) is 13.0 Å². The molecule has 0 unspecified atom stereocenters. The highest BCUT2D eigenvalue weighted by Crippen LogP contribution is 2.14. The van der Waals surface area contributed by atoms with Crippen molar-refractivity contribution in [3.8, 4) is 5.75 Å². The predicted octanol–water partition coefficient (Wildman–Crippen LogP) is 3.11. The summed E-state index contributed by atoms with van der Waals surface area (Å²) >= 11 is 0. The van der Waals surface area contributed by atoms with Crippen LogP contribution in [-0.4, -0.2) is 18.2 Å². The topological polar surface area (TPSA) is 65.0 Å². The third-order valence-electron chi connectivity index (χ3n) is 2.73. The molecule has 112 valence electrons. The second-order valence-corrected chi connectivity index (χ2v) is 4.65. The number of carbonyl (C=O) groups is 2. The van der Waals surface area contributed by atoms with Crippen molar-refractivity contribution in [1.29, 1.82) is 0 Å². The lowest BCUT2D eigenvalue weighted by atomic mass is 10.1. The molecule has 2 aromatic rings. The van der Waals surface area contributed by atoms with Crippen molar-refractivity contribution in [1.82, 2.24) is 0 Å². The highest BCUT2D eigenvalue weighted by atomic mass is 16.7. The SMILES string of the molecule is CC(=O)ON=Cc1ccc(OC(=O)c2cccc(C)c2)cc1. The maximum atomic E-state index is 12.0. The summed E-state index contributed by atoms with van der Waals surface area (Å²) in [5.41, 5.74) is 2.21. The fourth-order valence-electron chi connectivity index (χ4n) is 1.72. The second-order valence-electron chi connectivity index (χ2n) is 4.65. The molecular weight excluding hydrogens is 282 g/mol. The Morgan fingerprint density at radius 3 is 2.45 bits per heavy atom. The lowest BCUT2D eigenvalue weighted by Gasteiger charge is -2.05. The molecule has 0 amide bonds. The highest BCUT2D eigenvalue weighted by Gasteiger charge is 2.08. The molecule has 22 heavy (non-hydrogen) atoms. The van der Waals surface area contributed by atoms with Crippen molar-refractivity contribution < 1.29 is 19.2 Å². The van der Waals surface area contributed by atoms with Crippen molar-refractivity contribution in [3.63, 3.8) is 0 Å². The summed E-state index contributed by atoms with van der Waals surface area (Å²) in [7, 11) is 0. The van der Waals surface area contributed by atoms with Crippen LogP contribution in [0.15, 0.2) is 53.7 Å². The van der Waals surface area contributed by atoms with Crippen molar-refractivity contribution in [2.24, 2.45) is 5.16 Å². The number of hydrogen-bond donors (Lipinski definition) is 0. The molecule has 0 N–H and O–H groups in total. The van der Waals surface area contributed by atoms with Gasteiger partial charge in [0.1, 0.15) is 5.75 Å². The van der Waals surface area contributed by atoms with Crippen LogP contribution in [0.4, 0.5) is 0 Å². The van der Waals surface area contributed by atoms with Gasteiger partial charge in [0.25, 0.3) is 0 Å². The van der Waals surface area contributed by atoms with E-state index < -0.39 is 11.9 Å². The van der Waals surface area contributed by atoms with Crippen LogP contribution in [-0.2, 0) is 9.63 Å². The van der Waals surface area contributed by atoms with Crippen molar-refractivity contribution in [3.05, 3.63) is 65.2 Å². The van der Waals surface area contributed by atoms with E-state index in [1.165, 1.54) is 13.1 Å². The highest BCUT2D eigenvalue weighted by molar-refractivity contribution is 5.91. The van der Waals surface area contributed by atoms with Gasteiger partial charge in [-0.3, -0.25) is 0 Å². The van der Waals surface area contributed by atoms with Gasteiger partial charge in [-0.25, -0.2) is 9.59 Å². The number of aryl methyl sites for hydroxylation is 1. The minimum atomic E-state index is -0.486. The summed E-state index contributed by atoms with van der Waals surface area (Å²) in [4.78, 5) is 27.0. The fourth-order valence-corrected chi connectivity index (χ4v) is 1.72. The van der Waals surface area contributed by atoms with Crippen LogP contribution < -0.4 is 4.74 Å². The molecule has 5 heteroatoms. The molecule has 0 aromatic heterocycles. The summed E-state index contributed by atoms with van der Waals surface area (Å²) in [5, 5.41) is 3.51. The largest absolute Gasteiger partial charge is 0.423 e. The summed E-state index contributed by atoms with van der Waals surface area (Å²) in [6, 6.07) is 13.9. The number of esters is 1. The molecule has 0 saturated heterocycles. The first-order chi connectivity index (χ1) is 10.5. The normalized spacial score (nSPS) is 10.5. The van der Waals surface area contributed by atoms with E-state index in [9.17, 15) is 9.59 Å². The van der Waals surface area contributed by atoms with Gasteiger partial charge in [-0.1, -0.05) is 22.9 Å². The van der Waals surface area contributed by atoms with E-state index in [1.54, 1.807) is 42.5 Å². The van der Waals surface area contributed by atoms with E-state index in [2.05, 4.69) is 9.99 Å². The van der Waals surface area contributed by atoms with Gasteiger partial charge >= 0.3 is 11.9 Å². The first-order valence-corrected chi connectivity index (χ1v) is 6.64. The summed E-state index contributed by atoms with van der Waals surface area (Å²) < 4.78 is 5.28. The Balaban J connectivity index is 2.00. The molecule has 0 saturated carbocycles. The molecule has 0 atom stereocenters. The molecule has 0 fully saturated rings. The third kappa shape index (κ3) is 4.56. The molecule has 0 heterocycles. The Morgan fingerprint density at radius 2 is 1.82 bits per heavy atom. The Hall–Kier alpha value is -2.95. The van der Waals surface area contributed by atoms with Crippen molar-refractivity contribution >= 4 is 18.2 Å². The first-order valence-electron chi connectivity index (χ1n) is 6.64. The minimum Gasteiger partial charge on any atom is -0.423 e. The number of benzene rings is 2. The van der Waals surface area contributed by atoms with Crippen LogP contribution in [0.5, 0.6) is 5.75 Å². The van der Waals surface area contributed by atoms with E-state index in [0.29, 0.717) is 11.3 Å². The number of ether oxygens (including phenoxy) is 1. The van der Waals surface area contributed by atoms with Gasteiger partial charge in [0.15, 0.2) is 0 Å². The van der Waals surface area contributed by atoms with Crippen LogP contribution in [0, 0.1) is 6.92 Å². The Bertz CT molecular complexity index is 705. The van der Waals surface area contributed by atoms with E-state index in [-0.39, 0.29) is 0 Å². The fraction of sp³-hybridized carbons (Fsp3) is 0.118. The van der Waals surface area contributed by atoms with Gasteiger partial charge in [-0.2, -0.15) is 0 Å². The average Bonchev–Trinajstić information content (AvgIpc) is 2.48. The zero-order valence-corrected chi connectivity index (χ0v) is 12.3. The quantitative estimate of drug-likeness (QED) is 0.286. The molecule has 0 aliphatic heterocycles. The molecule has 0 radical (unpaired) electrons. The zero-order valence-electron chi connectivity index (χ0n) is 12.3. The monoisotopic (exact) mass is 297 g/mol. The van der Waals surface area contributed by atoms with Gasteiger partial charge in [-0.05, 0) is 48.9 Å². The maximum absolute atomic E-state index is 12.0. The van der Waals surface area contributed by atoms with E-state index in [0.717, 1.165) is 11.1 Å². The molecule has 5 nitrogen and oxygen atoms in total. The molecule has 0 spiro atoms. The van der Waals surface area contributed by atoms with E-state index in [4.69, 9.17) is 4.74 Å². The van der Waals surface area contributed by atoms with Crippen LogP contribution in [0.25, 0.3) is 0 Å². The second kappa shape index (κ2) is 7.17. The van der Waals surface area contributed by atoms with Gasteiger partial charge in [0.2, 0.25) is 0 Å². The number of hydrogen-bond acceptors (Lipinski definition) is 5. The van der Waals surface area contributed by atoms with Gasteiger partial charge in [0.05, 0.1) is 11.8 Å². The van der Waals surface area contributed by atoms with Crippen LogP contribution in [0.3, 0.4) is 0 Å². The number of carbonyl (C=O) groups excluding carboxylic acids is 2. The van der Waals surface area contributed by atoms with Crippen LogP contribution in [0.2, 0.25) is 0 Å². The van der Waals surface area contributed by atoms with Crippen LogP contribution >= 0.6 is 0 Å². The first kappa shape index (κ1) is 15.4. The van der Waals surface area contributed by atoms with Crippen LogP contribution in [0.1, 0.15) is 28.4 Å². The Kier molecular flexibility index (Phi) is 5.03. The number of nitrogens with zero attached hydrogens (tertiary/aromatic N) is 1. The van der Waals surface area contributed by atoms with Gasteiger partial charge in [-0.15, -0.1) is 0 Å². The lowest BCUT2D eigenvalue weighted by Crippen LogP contribution is -2.08. The van der Waals surface area contributed by atoms with Crippen molar-refractivity contribution in [2.75, 3.05) is 0 Å². The molecule has 2 rings (SSSR count). The maximum Gasteiger partial charge on any atom is 0.343 e. The molecule has 0 aliphatic rings. The molecule has 0 aliphatic carbocycles. The van der Waals surface area contributed by atoms with Gasteiger partial charge < -0.3 is 9.57 Å². The third-order valence-corrected chi connectivity index (χ3v) is 2.73. The minimum absolute atomic E-state index is 0.412. The standard InChI is InChI=1S/C17H15NO4/c1-12-4-3-5-15(10-12)17(20)21-16-8-6-14(7-9-16)11-18-22-13(2)19/h3-11H,1-2H3. The summed E-state index contributed by atoms with van der Waals surface area (Å²) in [5.74, 6) is -0.471. The molecule has 2 aromatic carbocycles. The summed E-state index contributed by atoms with van der Waals surface area (Å²) in [6.45, 7) is 3.18. The lowest BCUT2D eigenvalue weighted by molar-refractivity contribution is -0.140. The Labute approximate surface area is 128 Å². The number of rotatable bonds is 4. The average molecular weight is 297 g/mol. The number of oxime groups is 1. The zero-order chi connectivity index (χ0) is 15.9. The predicted molar refractivity (Wildman–Crippen MR) is 81.9 cm³/mol. The summed E-state index contributed by atoms with van der Waals surface area (Å²) in [6.07, 6.45) is 1.40. The van der Waals surface area contributed by atoms with Gasteiger partial charge in [0, 0.05) is 6.92 Å². The van der Waals surface area contributed by atoms with Crippen molar-refractivity contribution in [2.45, 2.75) is 13.8 Å².